The van der Waals surface area contributed by atoms with Crippen molar-refractivity contribution in [1.82, 2.24) is 9.97 Å². The van der Waals surface area contributed by atoms with Gasteiger partial charge in [0.2, 0.25) is 0 Å². The van der Waals surface area contributed by atoms with Crippen LogP contribution >= 0.6 is 0 Å². The average Bonchev–Trinajstić information content (AvgIpc) is 2.74. The van der Waals surface area contributed by atoms with Crippen LogP contribution in [-0.4, -0.2) is 20.7 Å². The molecule has 0 bridgehead atoms. The Morgan fingerprint density at radius 2 is 1.90 bits per heavy atom. The average molecular weight is 405 g/mol. The lowest BCUT2D eigenvalue weighted by atomic mass is 10.0. The minimum atomic E-state index is -0.429. The van der Waals surface area contributed by atoms with Gasteiger partial charge in [0.1, 0.15) is 0 Å². The van der Waals surface area contributed by atoms with Crippen molar-refractivity contribution >= 4 is 11.5 Å². The summed E-state index contributed by atoms with van der Waals surface area (Å²) in [5, 5.41) is 10.7. The molecule has 0 atom stereocenters. The van der Waals surface area contributed by atoms with E-state index in [9.17, 15) is 19.7 Å². The highest BCUT2D eigenvalue weighted by molar-refractivity contribution is 5.96. The molecule has 154 valence electrons. The number of non-ortho nitro benzene ring substituents is 1. The highest BCUT2D eigenvalue weighted by Gasteiger charge is 2.12. The zero-order valence-electron chi connectivity index (χ0n) is 17.0. The van der Waals surface area contributed by atoms with Crippen molar-refractivity contribution in [2.24, 2.45) is 0 Å². The van der Waals surface area contributed by atoms with E-state index in [2.05, 4.69) is 9.97 Å². The number of nitro benzene ring substituents is 1. The van der Waals surface area contributed by atoms with E-state index in [1.54, 1.807) is 30.5 Å². The van der Waals surface area contributed by atoms with Crippen LogP contribution in [0.3, 0.4) is 0 Å². The molecule has 0 saturated carbocycles. The number of hydrogen-bond acceptors (Lipinski definition) is 5. The molecule has 7 nitrogen and oxygen atoms in total. The van der Waals surface area contributed by atoms with Crippen molar-refractivity contribution < 1.29 is 9.72 Å². The third-order valence-electron chi connectivity index (χ3n) is 5.07. The number of Topliss-reactive ketones (excluding diaryl/α,β-unsaturated/α-hetero) is 1. The monoisotopic (exact) mass is 405 g/mol. The Morgan fingerprint density at radius 1 is 1.17 bits per heavy atom. The summed E-state index contributed by atoms with van der Waals surface area (Å²) in [6.45, 7) is 3.73. The molecule has 0 aliphatic carbocycles. The van der Waals surface area contributed by atoms with E-state index in [1.165, 1.54) is 12.1 Å². The van der Waals surface area contributed by atoms with Gasteiger partial charge in [0.15, 0.2) is 5.78 Å². The number of H-pyrrole nitrogens is 1. The molecular formula is C23H23N3O4. The molecule has 0 radical (unpaired) electrons. The molecule has 3 aromatic rings. The summed E-state index contributed by atoms with van der Waals surface area (Å²) >= 11 is 0. The van der Waals surface area contributed by atoms with Gasteiger partial charge in [-0.25, -0.2) is 0 Å². The summed E-state index contributed by atoms with van der Waals surface area (Å²) in [4.78, 5) is 42.1. The summed E-state index contributed by atoms with van der Waals surface area (Å²) in [6.07, 6.45) is 3.90. The number of nitrogens with one attached hydrogen (secondary N) is 1. The van der Waals surface area contributed by atoms with Gasteiger partial charge in [0.05, 0.1) is 10.6 Å². The molecule has 2 heterocycles. The van der Waals surface area contributed by atoms with Gasteiger partial charge >= 0.3 is 0 Å². The molecule has 0 saturated heterocycles. The van der Waals surface area contributed by atoms with Crippen molar-refractivity contribution in [3.63, 3.8) is 0 Å². The van der Waals surface area contributed by atoms with E-state index in [0.717, 1.165) is 11.1 Å². The van der Waals surface area contributed by atoms with Crippen molar-refractivity contribution in [1.29, 1.82) is 0 Å². The fourth-order valence-electron chi connectivity index (χ4n) is 3.33. The molecular weight excluding hydrogens is 382 g/mol. The molecule has 0 fully saturated rings. The second-order valence-corrected chi connectivity index (χ2v) is 7.15. The number of hydrogen-bond donors (Lipinski definition) is 1. The van der Waals surface area contributed by atoms with E-state index in [1.807, 2.05) is 19.9 Å². The van der Waals surface area contributed by atoms with E-state index in [-0.39, 0.29) is 17.0 Å². The standard InChI is InChI=1S/C23H23N3O4/c1-3-17-13-20(15(2)25-23(17)28)21-14-18(11-12-24-21)22(27)6-4-5-16-7-9-19(10-8-16)26(29)30/h7-14H,3-6H2,1-2H3,(H,25,28). The number of nitro groups is 1. The number of ketones is 1. The number of carbonyl (C=O) groups excluding carboxylic acids is 1. The molecule has 0 unspecified atom stereocenters. The van der Waals surface area contributed by atoms with Crippen molar-refractivity contribution in [3.05, 3.63) is 91.5 Å². The summed E-state index contributed by atoms with van der Waals surface area (Å²) in [5.41, 5.74) is 4.35. The quantitative estimate of drug-likeness (QED) is 0.339. The number of aryl methyl sites for hydroxylation is 3. The zero-order valence-corrected chi connectivity index (χ0v) is 17.0. The topological polar surface area (TPSA) is 106 Å². The summed E-state index contributed by atoms with van der Waals surface area (Å²) < 4.78 is 0. The fraction of sp³-hybridized carbons (Fsp3) is 0.261. The van der Waals surface area contributed by atoms with Crippen LogP contribution < -0.4 is 5.56 Å². The molecule has 0 aliphatic heterocycles. The molecule has 1 aromatic carbocycles. The number of rotatable bonds is 8. The molecule has 0 amide bonds. The van der Waals surface area contributed by atoms with Crippen molar-refractivity contribution in [2.75, 3.05) is 0 Å². The Kier molecular flexibility index (Phi) is 6.51. The Balaban J connectivity index is 1.69. The Hall–Kier alpha value is -3.61. The van der Waals surface area contributed by atoms with Gasteiger partial charge in [-0.05, 0) is 49.9 Å². The lowest BCUT2D eigenvalue weighted by Crippen LogP contribution is -2.14. The first-order valence-corrected chi connectivity index (χ1v) is 9.84. The van der Waals surface area contributed by atoms with Crippen LogP contribution in [0.2, 0.25) is 0 Å². The van der Waals surface area contributed by atoms with Crippen LogP contribution in [0.15, 0.2) is 53.5 Å². The predicted molar refractivity (Wildman–Crippen MR) is 115 cm³/mol. The van der Waals surface area contributed by atoms with Crippen LogP contribution in [-0.2, 0) is 12.8 Å². The minimum Gasteiger partial charge on any atom is -0.326 e. The zero-order chi connectivity index (χ0) is 21.7. The molecule has 1 N–H and O–H groups in total. The normalized spacial score (nSPS) is 10.7. The van der Waals surface area contributed by atoms with Crippen molar-refractivity contribution in [2.45, 2.75) is 39.5 Å². The molecule has 3 rings (SSSR count). The number of pyridine rings is 2. The van der Waals surface area contributed by atoms with E-state index in [0.29, 0.717) is 48.2 Å². The SMILES string of the molecule is CCc1cc(-c2cc(C(=O)CCCc3ccc([N+](=O)[O-])cc3)ccn2)c(C)[nH]c1=O. The number of benzene rings is 1. The first-order valence-electron chi connectivity index (χ1n) is 9.84. The number of carbonyl (C=O) groups is 1. The van der Waals surface area contributed by atoms with Crippen LogP contribution in [0.4, 0.5) is 5.69 Å². The van der Waals surface area contributed by atoms with Crippen LogP contribution in [0.1, 0.15) is 46.9 Å². The minimum absolute atomic E-state index is 0.0124. The van der Waals surface area contributed by atoms with E-state index in [4.69, 9.17) is 0 Å². The molecule has 30 heavy (non-hydrogen) atoms. The second-order valence-electron chi connectivity index (χ2n) is 7.15. The maximum atomic E-state index is 12.6. The Labute approximate surface area is 174 Å². The fourth-order valence-corrected chi connectivity index (χ4v) is 3.33. The maximum Gasteiger partial charge on any atom is 0.269 e. The maximum absolute atomic E-state index is 12.6. The lowest BCUT2D eigenvalue weighted by molar-refractivity contribution is -0.384. The third kappa shape index (κ3) is 4.86. The smallest absolute Gasteiger partial charge is 0.269 e. The second kappa shape index (κ2) is 9.26. The number of aromatic amines is 1. The first-order chi connectivity index (χ1) is 14.4. The largest absolute Gasteiger partial charge is 0.326 e. The molecule has 7 heteroatoms. The summed E-state index contributed by atoms with van der Waals surface area (Å²) in [7, 11) is 0. The Morgan fingerprint density at radius 3 is 2.57 bits per heavy atom. The number of aromatic nitrogens is 2. The molecule has 0 aliphatic rings. The van der Waals surface area contributed by atoms with E-state index < -0.39 is 4.92 Å². The Bertz CT molecular complexity index is 1130. The number of nitrogens with zero attached hydrogens (tertiary/aromatic N) is 2. The van der Waals surface area contributed by atoms with Gasteiger partial charge in [-0.1, -0.05) is 19.1 Å². The first kappa shape index (κ1) is 21.1. The predicted octanol–water partition coefficient (Wildman–Crippen LogP) is 4.42. The molecule has 2 aromatic heterocycles. The molecule has 0 spiro atoms. The van der Waals surface area contributed by atoms with Gasteiger partial charge in [-0.2, -0.15) is 0 Å². The van der Waals surface area contributed by atoms with Gasteiger partial charge < -0.3 is 4.98 Å². The highest BCUT2D eigenvalue weighted by atomic mass is 16.6. The van der Waals surface area contributed by atoms with Crippen LogP contribution in [0.25, 0.3) is 11.3 Å². The van der Waals surface area contributed by atoms with Crippen LogP contribution in [0, 0.1) is 17.0 Å². The van der Waals surface area contributed by atoms with Gasteiger partial charge in [0, 0.05) is 47.1 Å². The van der Waals surface area contributed by atoms with Gasteiger partial charge in [-0.15, -0.1) is 0 Å². The van der Waals surface area contributed by atoms with Crippen molar-refractivity contribution in [3.8, 4) is 11.3 Å². The summed E-state index contributed by atoms with van der Waals surface area (Å²) in [6, 6.07) is 11.7. The van der Waals surface area contributed by atoms with Crippen LogP contribution in [0.5, 0.6) is 0 Å². The van der Waals surface area contributed by atoms with E-state index >= 15 is 0 Å². The third-order valence-corrected chi connectivity index (χ3v) is 5.07. The van der Waals surface area contributed by atoms with Gasteiger partial charge in [-0.3, -0.25) is 24.7 Å². The van der Waals surface area contributed by atoms with Gasteiger partial charge in [0.25, 0.3) is 11.2 Å². The summed E-state index contributed by atoms with van der Waals surface area (Å²) in [5.74, 6) is 0.0124. The highest BCUT2D eigenvalue weighted by Crippen LogP contribution is 2.22. The lowest BCUT2D eigenvalue weighted by Gasteiger charge is -2.09.